The predicted octanol–water partition coefficient (Wildman–Crippen LogP) is 3.09. The zero-order valence-electron chi connectivity index (χ0n) is 15.7. The Balaban J connectivity index is 1.51. The maximum atomic E-state index is 12.1. The first kappa shape index (κ1) is 19.3. The van der Waals surface area contributed by atoms with Gasteiger partial charge >= 0.3 is 11.8 Å². The van der Waals surface area contributed by atoms with Crippen LogP contribution < -0.4 is 15.5 Å². The highest BCUT2D eigenvalue weighted by Gasteiger charge is 2.16. The van der Waals surface area contributed by atoms with Gasteiger partial charge < -0.3 is 15.5 Å². The molecule has 0 spiro atoms. The predicted molar refractivity (Wildman–Crippen MR) is 112 cm³/mol. The van der Waals surface area contributed by atoms with E-state index in [2.05, 4.69) is 40.8 Å². The second-order valence-electron chi connectivity index (χ2n) is 6.65. The van der Waals surface area contributed by atoms with E-state index in [1.54, 1.807) is 6.07 Å². The van der Waals surface area contributed by atoms with Crippen molar-refractivity contribution in [3.05, 3.63) is 53.6 Å². The Hall–Kier alpha value is -2.47. The number of hydrogen-bond donors (Lipinski definition) is 2. The van der Waals surface area contributed by atoms with Crippen LogP contribution in [-0.2, 0) is 22.4 Å². The van der Waals surface area contributed by atoms with Gasteiger partial charge in [0.15, 0.2) is 0 Å². The van der Waals surface area contributed by atoms with Gasteiger partial charge in [0.05, 0.1) is 5.69 Å². The summed E-state index contributed by atoms with van der Waals surface area (Å²) in [6.07, 6.45) is 4.90. The van der Waals surface area contributed by atoms with E-state index in [1.807, 2.05) is 24.5 Å². The number of para-hydroxylation sites is 1. The molecule has 0 saturated heterocycles. The quantitative estimate of drug-likeness (QED) is 0.615. The van der Waals surface area contributed by atoms with Gasteiger partial charge in [-0.15, -0.1) is 11.8 Å². The van der Waals surface area contributed by atoms with Crippen LogP contribution in [0.2, 0.25) is 0 Å². The largest absolute Gasteiger partial charge is 0.374 e. The number of fused-ring (bicyclic) bond motifs is 1. The van der Waals surface area contributed by atoms with Crippen molar-refractivity contribution in [2.24, 2.45) is 0 Å². The molecule has 0 fully saturated rings. The second kappa shape index (κ2) is 8.95. The minimum atomic E-state index is -0.636. The first-order valence-corrected chi connectivity index (χ1v) is 10.4. The molecular formula is C21H25N3O2S. The summed E-state index contributed by atoms with van der Waals surface area (Å²) in [5, 5.41) is 5.39. The van der Waals surface area contributed by atoms with E-state index >= 15 is 0 Å². The number of carbonyl (C=O) groups is 2. The van der Waals surface area contributed by atoms with Crippen molar-refractivity contribution in [1.82, 2.24) is 5.32 Å². The summed E-state index contributed by atoms with van der Waals surface area (Å²) in [6.45, 7) is 1.53. The summed E-state index contributed by atoms with van der Waals surface area (Å²) in [7, 11) is 2.12. The second-order valence-corrected chi connectivity index (χ2v) is 7.50. The molecule has 1 aliphatic rings. The van der Waals surface area contributed by atoms with E-state index < -0.39 is 11.8 Å². The van der Waals surface area contributed by atoms with Crippen molar-refractivity contribution in [2.75, 3.05) is 36.6 Å². The lowest BCUT2D eigenvalue weighted by Gasteiger charge is -2.27. The molecule has 0 atom stereocenters. The maximum Gasteiger partial charge on any atom is 0.313 e. The highest BCUT2D eigenvalue weighted by molar-refractivity contribution is 7.98. The number of nitrogens with one attached hydrogen (secondary N) is 2. The van der Waals surface area contributed by atoms with Crippen molar-refractivity contribution in [2.45, 2.75) is 24.2 Å². The first-order chi connectivity index (χ1) is 13.1. The van der Waals surface area contributed by atoms with E-state index in [9.17, 15) is 9.59 Å². The average Bonchev–Trinajstić information content (AvgIpc) is 2.68. The van der Waals surface area contributed by atoms with Gasteiger partial charge in [0, 0.05) is 30.7 Å². The van der Waals surface area contributed by atoms with E-state index in [4.69, 9.17) is 0 Å². The standard InChI is InChI=1S/C21H25N3O2S/c1-24-13-5-6-16-14-15(9-10-18(16)24)11-12-22-20(25)21(26)23-17-7-3-4-8-19(17)27-2/h3-4,7-10,14H,5-6,11-13H2,1-2H3,(H,22,25)(H,23,26). The number of amides is 2. The van der Waals surface area contributed by atoms with Crippen LogP contribution in [-0.4, -0.2) is 38.2 Å². The molecule has 0 aliphatic carbocycles. The van der Waals surface area contributed by atoms with E-state index in [0.717, 1.165) is 17.9 Å². The van der Waals surface area contributed by atoms with Gasteiger partial charge in [0.25, 0.3) is 0 Å². The Labute approximate surface area is 164 Å². The van der Waals surface area contributed by atoms with Crippen LogP contribution in [0.3, 0.4) is 0 Å². The van der Waals surface area contributed by atoms with E-state index in [1.165, 1.54) is 35.0 Å². The molecule has 5 nitrogen and oxygen atoms in total. The van der Waals surface area contributed by atoms with Crippen LogP contribution >= 0.6 is 11.8 Å². The summed E-state index contributed by atoms with van der Waals surface area (Å²) >= 11 is 1.53. The van der Waals surface area contributed by atoms with Gasteiger partial charge in [0.1, 0.15) is 0 Å². The molecule has 0 aromatic heterocycles. The van der Waals surface area contributed by atoms with Crippen LogP contribution in [0.5, 0.6) is 0 Å². The molecule has 2 aromatic carbocycles. The molecule has 0 saturated carbocycles. The van der Waals surface area contributed by atoms with Crippen molar-refractivity contribution in [3.8, 4) is 0 Å². The molecule has 6 heteroatoms. The van der Waals surface area contributed by atoms with Crippen molar-refractivity contribution < 1.29 is 9.59 Å². The lowest BCUT2D eigenvalue weighted by atomic mass is 9.98. The monoisotopic (exact) mass is 383 g/mol. The Morgan fingerprint density at radius 3 is 2.78 bits per heavy atom. The lowest BCUT2D eigenvalue weighted by Crippen LogP contribution is -2.36. The number of nitrogens with zero attached hydrogens (tertiary/aromatic N) is 1. The molecular weight excluding hydrogens is 358 g/mol. The Morgan fingerprint density at radius 1 is 1.15 bits per heavy atom. The summed E-state index contributed by atoms with van der Waals surface area (Å²) in [5.74, 6) is -1.24. The normalized spacial score (nSPS) is 13.0. The molecule has 3 rings (SSSR count). The third-order valence-corrected chi connectivity index (χ3v) is 5.55. The number of aryl methyl sites for hydroxylation is 1. The number of carbonyl (C=O) groups excluding carboxylic acids is 2. The van der Waals surface area contributed by atoms with Gasteiger partial charge in [0.2, 0.25) is 0 Å². The average molecular weight is 384 g/mol. The van der Waals surface area contributed by atoms with Gasteiger partial charge in [-0.2, -0.15) is 0 Å². The van der Waals surface area contributed by atoms with Gasteiger partial charge in [-0.05, 0) is 54.8 Å². The molecule has 142 valence electrons. The smallest absolute Gasteiger partial charge is 0.313 e. The lowest BCUT2D eigenvalue weighted by molar-refractivity contribution is -0.136. The molecule has 0 unspecified atom stereocenters. The molecule has 1 heterocycles. The SMILES string of the molecule is CSc1ccccc1NC(=O)C(=O)NCCc1ccc2c(c1)CCCN2C. The fraction of sp³-hybridized carbons (Fsp3) is 0.333. The number of anilines is 2. The number of thioether (sulfide) groups is 1. The van der Waals surface area contributed by atoms with Gasteiger partial charge in [-0.1, -0.05) is 24.3 Å². The number of hydrogen-bond acceptors (Lipinski definition) is 4. The molecule has 0 radical (unpaired) electrons. The zero-order chi connectivity index (χ0) is 19.2. The molecule has 0 bridgehead atoms. The summed E-state index contributed by atoms with van der Waals surface area (Å²) in [6, 6.07) is 13.9. The van der Waals surface area contributed by atoms with Crippen LogP contribution in [0, 0.1) is 0 Å². The molecule has 2 N–H and O–H groups in total. The Bertz CT molecular complexity index is 838. The van der Waals surface area contributed by atoms with Crippen LogP contribution in [0.4, 0.5) is 11.4 Å². The van der Waals surface area contributed by atoms with Crippen molar-refractivity contribution in [3.63, 3.8) is 0 Å². The van der Waals surface area contributed by atoms with Crippen LogP contribution in [0.1, 0.15) is 17.5 Å². The molecule has 27 heavy (non-hydrogen) atoms. The molecule has 2 amide bonds. The van der Waals surface area contributed by atoms with Crippen LogP contribution in [0.15, 0.2) is 47.4 Å². The summed E-state index contributed by atoms with van der Waals surface area (Å²) in [5.41, 5.74) is 4.49. The molecule has 2 aromatic rings. The van der Waals surface area contributed by atoms with E-state index in [0.29, 0.717) is 18.7 Å². The highest BCUT2D eigenvalue weighted by atomic mass is 32.2. The fourth-order valence-corrected chi connectivity index (χ4v) is 3.88. The number of benzene rings is 2. The third kappa shape index (κ3) is 4.83. The minimum absolute atomic E-state index is 0.436. The van der Waals surface area contributed by atoms with Crippen molar-refractivity contribution >= 4 is 35.0 Å². The summed E-state index contributed by atoms with van der Waals surface area (Å²) in [4.78, 5) is 27.4. The first-order valence-electron chi connectivity index (χ1n) is 9.13. The zero-order valence-corrected chi connectivity index (χ0v) is 16.6. The Morgan fingerprint density at radius 2 is 1.96 bits per heavy atom. The molecule has 1 aliphatic heterocycles. The third-order valence-electron chi connectivity index (χ3n) is 4.76. The van der Waals surface area contributed by atoms with E-state index in [-0.39, 0.29) is 0 Å². The fourth-order valence-electron chi connectivity index (χ4n) is 3.32. The van der Waals surface area contributed by atoms with Crippen LogP contribution in [0.25, 0.3) is 0 Å². The maximum absolute atomic E-state index is 12.1. The minimum Gasteiger partial charge on any atom is -0.374 e. The highest BCUT2D eigenvalue weighted by Crippen LogP contribution is 2.27. The van der Waals surface area contributed by atoms with Gasteiger partial charge in [-0.25, -0.2) is 0 Å². The van der Waals surface area contributed by atoms with Crippen molar-refractivity contribution in [1.29, 1.82) is 0 Å². The number of rotatable bonds is 5. The summed E-state index contributed by atoms with van der Waals surface area (Å²) < 4.78 is 0. The topological polar surface area (TPSA) is 61.4 Å². The Kier molecular flexibility index (Phi) is 6.40. The van der Waals surface area contributed by atoms with Gasteiger partial charge in [-0.3, -0.25) is 9.59 Å².